The van der Waals surface area contributed by atoms with Gasteiger partial charge in [-0.1, -0.05) is 5.92 Å². The second kappa shape index (κ2) is 5.56. The number of terminal acetylenes is 1. The lowest BCUT2D eigenvalue weighted by molar-refractivity contribution is 0.243. The maximum absolute atomic E-state index is 5.49. The van der Waals surface area contributed by atoms with Gasteiger partial charge in [0.25, 0.3) is 0 Å². The first-order chi connectivity index (χ1) is 9.74. The molecule has 1 N–H and O–H groups in total. The number of anilines is 1. The number of aromatic nitrogens is 1. The van der Waals surface area contributed by atoms with Gasteiger partial charge in [0.05, 0.1) is 6.54 Å². The summed E-state index contributed by atoms with van der Waals surface area (Å²) in [6.45, 7) is 4.76. The molecule has 0 radical (unpaired) electrons. The van der Waals surface area contributed by atoms with Crippen molar-refractivity contribution in [3.05, 3.63) is 24.1 Å². The van der Waals surface area contributed by atoms with Crippen molar-refractivity contribution >= 4 is 16.8 Å². The van der Waals surface area contributed by atoms with E-state index < -0.39 is 0 Å². The maximum Gasteiger partial charge on any atom is 0.192 e. The highest BCUT2D eigenvalue weighted by molar-refractivity contribution is 5.77. The highest BCUT2D eigenvalue weighted by Crippen LogP contribution is 2.22. The zero-order valence-electron chi connectivity index (χ0n) is 11.7. The van der Waals surface area contributed by atoms with Gasteiger partial charge in [0.15, 0.2) is 11.5 Å². The lowest BCUT2D eigenvalue weighted by Gasteiger charge is -2.31. The number of hydrogen-bond donors (Lipinski definition) is 1. The molecule has 0 amide bonds. The standard InChI is InChI=1S/C16H19N3O/c1-3-8-19-9-6-13(7-10-19)18-14-4-5-16-15(11-14)17-12(2)20-16/h1,4-5,11,13,18H,6-10H2,2H3. The van der Waals surface area contributed by atoms with Crippen molar-refractivity contribution in [2.45, 2.75) is 25.8 Å². The fraction of sp³-hybridized carbons (Fsp3) is 0.438. The van der Waals surface area contributed by atoms with E-state index in [9.17, 15) is 0 Å². The van der Waals surface area contributed by atoms with Crippen LogP contribution in [0.5, 0.6) is 0 Å². The molecule has 4 nitrogen and oxygen atoms in total. The van der Waals surface area contributed by atoms with Crippen LogP contribution in [0.3, 0.4) is 0 Å². The Morgan fingerprint density at radius 3 is 3.00 bits per heavy atom. The number of nitrogens with one attached hydrogen (secondary N) is 1. The molecule has 1 saturated heterocycles. The molecule has 4 heteroatoms. The number of nitrogens with zero attached hydrogens (tertiary/aromatic N) is 2. The van der Waals surface area contributed by atoms with Gasteiger partial charge in [-0.3, -0.25) is 4.90 Å². The van der Waals surface area contributed by atoms with Crippen LogP contribution >= 0.6 is 0 Å². The van der Waals surface area contributed by atoms with E-state index in [2.05, 4.69) is 33.3 Å². The molecule has 1 aromatic heterocycles. The number of likely N-dealkylation sites (tertiary alicyclic amines) is 1. The van der Waals surface area contributed by atoms with Gasteiger partial charge in [-0.2, -0.15) is 0 Å². The Labute approximate surface area is 119 Å². The number of hydrogen-bond acceptors (Lipinski definition) is 4. The van der Waals surface area contributed by atoms with Gasteiger partial charge >= 0.3 is 0 Å². The molecule has 1 fully saturated rings. The van der Waals surface area contributed by atoms with E-state index in [1.165, 1.54) is 0 Å². The van der Waals surface area contributed by atoms with Crippen molar-refractivity contribution in [1.82, 2.24) is 9.88 Å². The Kier molecular flexibility index (Phi) is 3.62. The highest BCUT2D eigenvalue weighted by atomic mass is 16.3. The average Bonchev–Trinajstić information content (AvgIpc) is 2.81. The van der Waals surface area contributed by atoms with Crippen molar-refractivity contribution in [2.75, 3.05) is 25.0 Å². The molecule has 104 valence electrons. The number of aryl methyl sites for hydroxylation is 1. The van der Waals surface area contributed by atoms with Crippen LogP contribution < -0.4 is 5.32 Å². The van der Waals surface area contributed by atoms with Crippen LogP contribution in [0.4, 0.5) is 5.69 Å². The smallest absolute Gasteiger partial charge is 0.192 e. The summed E-state index contributed by atoms with van der Waals surface area (Å²) in [6.07, 6.45) is 7.59. The number of piperidine rings is 1. The molecule has 2 aromatic rings. The van der Waals surface area contributed by atoms with Crippen LogP contribution in [0.25, 0.3) is 11.1 Å². The van der Waals surface area contributed by atoms with Crippen molar-refractivity contribution in [3.8, 4) is 12.3 Å². The average molecular weight is 269 g/mol. The minimum absolute atomic E-state index is 0.509. The third-order valence-corrected chi connectivity index (χ3v) is 3.77. The SMILES string of the molecule is C#CCN1CCC(Nc2ccc3oc(C)nc3c2)CC1. The van der Waals surface area contributed by atoms with Crippen molar-refractivity contribution in [2.24, 2.45) is 0 Å². The van der Waals surface area contributed by atoms with E-state index in [4.69, 9.17) is 10.8 Å². The molecule has 0 atom stereocenters. The Morgan fingerprint density at radius 2 is 2.25 bits per heavy atom. The van der Waals surface area contributed by atoms with Gasteiger partial charge in [-0.05, 0) is 31.0 Å². The second-order valence-electron chi connectivity index (χ2n) is 5.31. The number of fused-ring (bicyclic) bond motifs is 1. The largest absolute Gasteiger partial charge is 0.441 e. The van der Waals surface area contributed by atoms with Crippen LogP contribution in [0.1, 0.15) is 18.7 Å². The highest BCUT2D eigenvalue weighted by Gasteiger charge is 2.18. The first kappa shape index (κ1) is 13.0. The Morgan fingerprint density at radius 1 is 1.45 bits per heavy atom. The Balaban J connectivity index is 1.64. The first-order valence-corrected chi connectivity index (χ1v) is 7.04. The van der Waals surface area contributed by atoms with Crippen LogP contribution in [-0.4, -0.2) is 35.6 Å². The predicted octanol–water partition coefficient (Wildman–Crippen LogP) is 2.65. The molecule has 2 heterocycles. The molecule has 1 aliphatic heterocycles. The monoisotopic (exact) mass is 269 g/mol. The van der Waals surface area contributed by atoms with Crippen LogP contribution in [0.2, 0.25) is 0 Å². The molecule has 1 aliphatic rings. The van der Waals surface area contributed by atoms with E-state index in [0.717, 1.165) is 49.3 Å². The molecule has 0 bridgehead atoms. The lowest BCUT2D eigenvalue weighted by Crippen LogP contribution is -2.39. The number of oxazole rings is 1. The molecule has 1 aromatic carbocycles. The molecular weight excluding hydrogens is 250 g/mol. The fourth-order valence-electron chi connectivity index (χ4n) is 2.73. The molecule has 0 unspecified atom stereocenters. The lowest BCUT2D eigenvalue weighted by atomic mass is 10.0. The summed E-state index contributed by atoms with van der Waals surface area (Å²) in [5.41, 5.74) is 2.87. The van der Waals surface area contributed by atoms with Crippen LogP contribution in [0.15, 0.2) is 22.6 Å². The fourth-order valence-corrected chi connectivity index (χ4v) is 2.73. The van der Waals surface area contributed by atoms with Gasteiger partial charge in [0.1, 0.15) is 5.52 Å². The molecule has 0 aliphatic carbocycles. The summed E-state index contributed by atoms with van der Waals surface area (Å²) in [7, 11) is 0. The summed E-state index contributed by atoms with van der Waals surface area (Å²) >= 11 is 0. The van der Waals surface area contributed by atoms with Crippen LogP contribution in [-0.2, 0) is 0 Å². The summed E-state index contributed by atoms with van der Waals surface area (Å²) < 4.78 is 5.49. The zero-order valence-corrected chi connectivity index (χ0v) is 11.7. The maximum atomic E-state index is 5.49. The van der Waals surface area contributed by atoms with Crippen molar-refractivity contribution < 1.29 is 4.42 Å². The quantitative estimate of drug-likeness (QED) is 0.870. The summed E-state index contributed by atoms with van der Waals surface area (Å²) in [4.78, 5) is 6.69. The van der Waals surface area contributed by atoms with E-state index in [1.54, 1.807) is 0 Å². The third kappa shape index (κ3) is 2.78. The number of benzene rings is 1. The van der Waals surface area contributed by atoms with Gasteiger partial charge in [0.2, 0.25) is 0 Å². The molecule has 3 rings (SSSR count). The third-order valence-electron chi connectivity index (χ3n) is 3.77. The van der Waals surface area contributed by atoms with Gasteiger partial charge in [-0.25, -0.2) is 4.98 Å². The van der Waals surface area contributed by atoms with Gasteiger partial charge in [-0.15, -0.1) is 6.42 Å². The van der Waals surface area contributed by atoms with Crippen molar-refractivity contribution in [1.29, 1.82) is 0 Å². The van der Waals surface area contributed by atoms with Crippen LogP contribution in [0, 0.1) is 19.3 Å². The normalized spacial score (nSPS) is 17.2. The van der Waals surface area contributed by atoms with Crippen molar-refractivity contribution in [3.63, 3.8) is 0 Å². The summed E-state index contributed by atoms with van der Waals surface area (Å²) in [6, 6.07) is 6.60. The Hall–Kier alpha value is -1.99. The molecule has 20 heavy (non-hydrogen) atoms. The summed E-state index contributed by atoms with van der Waals surface area (Å²) in [5, 5.41) is 3.58. The van der Waals surface area contributed by atoms with Gasteiger partial charge < -0.3 is 9.73 Å². The molecule has 0 spiro atoms. The zero-order chi connectivity index (χ0) is 13.9. The summed E-state index contributed by atoms with van der Waals surface area (Å²) in [5.74, 6) is 3.42. The molecule has 0 saturated carbocycles. The minimum atomic E-state index is 0.509. The van der Waals surface area contributed by atoms with E-state index >= 15 is 0 Å². The topological polar surface area (TPSA) is 41.3 Å². The van der Waals surface area contributed by atoms with E-state index in [0.29, 0.717) is 11.9 Å². The first-order valence-electron chi connectivity index (χ1n) is 7.04. The van der Waals surface area contributed by atoms with E-state index in [1.807, 2.05) is 13.0 Å². The molecular formula is C16H19N3O. The second-order valence-corrected chi connectivity index (χ2v) is 5.31. The van der Waals surface area contributed by atoms with E-state index in [-0.39, 0.29) is 0 Å². The Bertz CT molecular complexity index is 633. The van der Waals surface area contributed by atoms with Gasteiger partial charge in [0, 0.05) is 31.7 Å². The minimum Gasteiger partial charge on any atom is -0.441 e. The number of rotatable bonds is 3. The predicted molar refractivity (Wildman–Crippen MR) is 80.7 cm³/mol.